The first-order chi connectivity index (χ1) is 22.4. The molecule has 20 heteroatoms. The summed E-state index contributed by atoms with van der Waals surface area (Å²) in [6.07, 6.45) is -0.495. The number of ether oxygens (including phenoxy) is 3. The minimum atomic E-state index is -4.78. The Labute approximate surface area is 273 Å². The highest BCUT2D eigenvalue weighted by molar-refractivity contribution is 7.90. The molecule has 3 heterocycles. The van der Waals surface area contributed by atoms with Gasteiger partial charge >= 0.3 is 6.18 Å². The topological polar surface area (TPSA) is 194 Å². The second-order valence-electron chi connectivity index (χ2n) is 10.3. The molecule has 15 nitrogen and oxygen atoms in total. The van der Waals surface area contributed by atoms with E-state index in [-0.39, 0.29) is 58.8 Å². The van der Waals surface area contributed by atoms with Crippen molar-refractivity contribution in [3.05, 3.63) is 59.7 Å². The molecule has 48 heavy (non-hydrogen) atoms. The maximum absolute atomic E-state index is 13.6. The average molecular weight is 714 g/mol. The fourth-order valence-electron chi connectivity index (χ4n) is 4.22. The molecule has 0 bridgehead atoms. The van der Waals surface area contributed by atoms with Crippen molar-refractivity contribution in [1.82, 2.24) is 29.5 Å². The third kappa shape index (κ3) is 9.31. The number of sulfonamides is 1. The van der Waals surface area contributed by atoms with Crippen LogP contribution in [0.5, 0.6) is 17.4 Å². The molecule has 0 unspecified atom stereocenters. The van der Waals surface area contributed by atoms with Gasteiger partial charge in [0.15, 0.2) is 11.5 Å². The Bertz CT molecular complexity index is 2030. The van der Waals surface area contributed by atoms with Crippen LogP contribution in [-0.4, -0.2) is 86.6 Å². The number of rotatable bonds is 13. The molecular formula is C28H30F3N7O8S2. The molecule has 0 saturated heterocycles. The Morgan fingerprint density at radius 1 is 0.958 bits per heavy atom. The number of nitrogens with one attached hydrogen (secondary N) is 2. The van der Waals surface area contributed by atoms with E-state index in [1.165, 1.54) is 39.6 Å². The summed E-state index contributed by atoms with van der Waals surface area (Å²) < 4.78 is 106. The molecule has 0 atom stereocenters. The van der Waals surface area contributed by atoms with E-state index >= 15 is 0 Å². The monoisotopic (exact) mass is 713 g/mol. The van der Waals surface area contributed by atoms with Crippen LogP contribution in [0.3, 0.4) is 0 Å². The van der Waals surface area contributed by atoms with Crippen molar-refractivity contribution in [2.75, 3.05) is 44.4 Å². The molecule has 0 aliphatic heterocycles. The molecule has 0 radical (unpaired) electrons. The van der Waals surface area contributed by atoms with Gasteiger partial charge in [0, 0.05) is 59.4 Å². The van der Waals surface area contributed by atoms with Crippen molar-refractivity contribution in [1.29, 1.82) is 0 Å². The first-order valence-corrected chi connectivity index (χ1v) is 17.7. The van der Waals surface area contributed by atoms with Gasteiger partial charge in [-0.05, 0) is 25.5 Å². The van der Waals surface area contributed by atoms with E-state index in [4.69, 9.17) is 14.2 Å². The molecule has 2 N–H and O–H groups in total. The quantitative estimate of drug-likeness (QED) is 0.192. The smallest absolute Gasteiger partial charge is 0.435 e. The minimum absolute atomic E-state index is 0.0428. The first-order valence-electron chi connectivity index (χ1n) is 13.7. The lowest BCUT2D eigenvalue weighted by atomic mass is 10.1. The number of sulfone groups is 1. The number of pyridine rings is 1. The minimum Gasteiger partial charge on any atom is -0.497 e. The van der Waals surface area contributed by atoms with Gasteiger partial charge < -0.3 is 19.5 Å². The summed E-state index contributed by atoms with van der Waals surface area (Å²) in [6.45, 7) is 1.19. The van der Waals surface area contributed by atoms with Crippen LogP contribution in [0.4, 0.5) is 24.8 Å². The standard InChI is InChI=1S/C28H30F3N7O8S2/c1-16-9-23(28(29,30)31)36-38(16)24-22(15-33-27(35-24)34-18-11-19(44-2)13-20(12-18)45-3)17-10-21(25(39)37-48(5,42)43)26(32-14-17)46-7-6-8-47(4,40)41/h9-15H,6-8H2,1-5H3,(H,37,39)(H,33,34,35). The van der Waals surface area contributed by atoms with E-state index in [2.05, 4.69) is 25.4 Å². The number of benzene rings is 1. The molecule has 0 fully saturated rings. The predicted molar refractivity (Wildman–Crippen MR) is 167 cm³/mol. The number of aromatic nitrogens is 5. The number of halogens is 3. The van der Waals surface area contributed by atoms with Crippen LogP contribution < -0.4 is 24.2 Å². The zero-order valence-corrected chi connectivity index (χ0v) is 27.7. The van der Waals surface area contributed by atoms with Gasteiger partial charge in [-0.3, -0.25) is 4.79 Å². The number of hydrogen-bond donors (Lipinski definition) is 2. The summed E-state index contributed by atoms with van der Waals surface area (Å²) in [4.78, 5) is 25.9. The van der Waals surface area contributed by atoms with Gasteiger partial charge in [-0.15, -0.1) is 0 Å². The number of methoxy groups -OCH3 is 2. The number of amides is 1. The van der Waals surface area contributed by atoms with Crippen LogP contribution in [0.2, 0.25) is 0 Å². The maximum Gasteiger partial charge on any atom is 0.435 e. The van der Waals surface area contributed by atoms with Crippen molar-refractivity contribution < 1.29 is 49.0 Å². The fraction of sp³-hybridized carbons (Fsp3) is 0.321. The second-order valence-corrected chi connectivity index (χ2v) is 14.4. The van der Waals surface area contributed by atoms with Gasteiger partial charge in [-0.25, -0.2) is 36.2 Å². The van der Waals surface area contributed by atoms with Gasteiger partial charge in [-0.2, -0.15) is 23.3 Å². The van der Waals surface area contributed by atoms with E-state index in [1.54, 1.807) is 18.2 Å². The van der Waals surface area contributed by atoms with Crippen LogP contribution in [-0.2, 0) is 26.0 Å². The summed E-state index contributed by atoms with van der Waals surface area (Å²) in [5, 5.41) is 6.66. The Morgan fingerprint density at radius 2 is 1.62 bits per heavy atom. The molecule has 1 amide bonds. The highest BCUT2D eigenvalue weighted by Gasteiger charge is 2.35. The van der Waals surface area contributed by atoms with E-state index in [0.717, 1.165) is 23.3 Å². The zero-order chi connectivity index (χ0) is 35.4. The van der Waals surface area contributed by atoms with Gasteiger partial charge in [-0.1, -0.05) is 0 Å². The molecule has 4 aromatic rings. The number of carbonyl (C=O) groups excluding carboxylic acids is 1. The first kappa shape index (κ1) is 35.9. The maximum atomic E-state index is 13.6. The third-order valence-corrected chi connectivity index (χ3v) is 7.92. The van der Waals surface area contributed by atoms with Gasteiger partial charge in [0.25, 0.3) is 5.91 Å². The van der Waals surface area contributed by atoms with E-state index < -0.39 is 37.6 Å². The molecule has 258 valence electrons. The van der Waals surface area contributed by atoms with E-state index in [1.807, 2.05) is 4.72 Å². The fourth-order valence-corrected chi connectivity index (χ4v) is 5.31. The van der Waals surface area contributed by atoms with Crippen molar-refractivity contribution in [2.24, 2.45) is 0 Å². The van der Waals surface area contributed by atoms with Crippen molar-refractivity contribution >= 4 is 37.4 Å². The molecule has 0 aliphatic rings. The van der Waals surface area contributed by atoms with Crippen LogP contribution in [0.25, 0.3) is 16.9 Å². The van der Waals surface area contributed by atoms with Crippen LogP contribution in [0.15, 0.2) is 42.7 Å². The average Bonchev–Trinajstić information content (AvgIpc) is 3.40. The number of nitrogens with zero attached hydrogens (tertiary/aromatic N) is 5. The van der Waals surface area contributed by atoms with Crippen molar-refractivity contribution in [2.45, 2.75) is 19.5 Å². The molecule has 0 aliphatic carbocycles. The predicted octanol–water partition coefficient (Wildman–Crippen LogP) is 3.32. The van der Waals surface area contributed by atoms with E-state index in [0.29, 0.717) is 17.2 Å². The molecule has 0 saturated carbocycles. The lowest BCUT2D eigenvalue weighted by Gasteiger charge is -2.15. The van der Waals surface area contributed by atoms with Gasteiger partial charge in [0.05, 0.1) is 32.8 Å². The Balaban J connectivity index is 1.85. The van der Waals surface area contributed by atoms with Crippen LogP contribution >= 0.6 is 0 Å². The Morgan fingerprint density at radius 3 is 2.19 bits per heavy atom. The lowest BCUT2D eigenvalue weighted by Crippen LogP contribution is -2.30. The summed E-state index contributed by atoms with van der Waals surface area (Å²) in [5.41, 5.74) is -0.983. The highest BCUT2D eigenvalue weighted by Crippen LogP contribution is 2.34. The summed E-state index contributed by atoms with van der Waals surface area (Å²) in [7, 11) is -4.47. The third-order valence-electron chi connectivity index (χ3n) is 6.34. The second kappa shape index (κ2) is 14.0. The Hall–Kier alpha value is -4.98. The van der Waals surface area contributed by atoms with Crippen molar-refractivity contribution in [3.63, 3.8) is 0 Å². The largest absolute Gasteiger partial charge is 0.497 e. The molecule has 1 aromatic carbocycles. The molecule has 4 rings (SSSR count). The Kier molecular flexibility index (Phi) is 10.5. The number of aryl methyl sites for hydroxylation is 1. The summed E-state index contributed by atoms with van der Waals surface area (Å²) >= 11 is 0. The van der Waals surface area contributed by atoms with Gasteiger partial charge in [0.2, 0.25) is 21.9 Å². The summed E-state index contributed by atoms with van der Waals surface area (Å²) in [5.74, 6) is -1.05. The zero-order valence-electron chi connectivity index (χ0n) is 26.1. The van der Waals surface area contributed by atoms with E-state index in [9.17, 15) is 34.8 Å². The molecule has 0 spiro atoms. The molecular weight excluding hydrogens is 683 g/mol. The SMILES string of the molecule is COc1cc(Nc2ncc(-c3cnc(OCCCS(C)(=O)=O)c(C(=O)NS(C)(=O)=O)c3)c(-n3nc(C(F)(F)F)cc3C)n2)cc(OC)c1. The lowest BCUT2D eigenvalue weighted by molar-refractivity contribution is -0.141. The number of hydrogen-bond acceptors (Lipinski definition) is 13. The normalized spacial score (nSPS) is 12.0. The molecule has 3 aromatic heterocycles. The number of alkyl halides is 3. The van der Waals surface area contributed by atoms with Gasteiger partial charge in [0.1, 0.15) is 26.9 Å². The summed E-state index contributed by atoms with van der Waals surface area (Å²) in [6, 6.07) is 6.83. The van der Waals surface area contributed by atoms with Crippen LogP contribution in [0, 0.1) is 6.92 Å². The van der Waals surface area contributed by atoms with Crippen molar-refractivity contribution in [3.8, 4) is 34.3 Å². The van der Waals surface area contributed by atoms with Crippen LogP contribution in [0.1, 0.15) is 28.2 Å². The number of anilines is 2. The highest BCUT2D eigenvalue weighted by atomic mass is 32.2. The number of carbonyl (C=O) groups is 1.